The summed E-state index contributed by atoms with van der Waals surface area (Å²) >= 11 is 0. The molecule has 29 heavy (non-hydrogen) atoms. The van der Waals surface area contributed by atoms with Crippen LogP contribution in [0, 0.1) is 0 Å². The van der Waals surface area contributed by atoms with Gasteiger partial charge in [-0.2, -0.15) is 0 Å². The number of rotatable bonds is 8. The molecule has 0 atom stereocenters. The lowest BCUT2D eigenvalue weighted by molar-refractivity contribution is -0.107. The number of carbonyl (C=O) groups is 1. The van der Waals surface area contributed by atoms with E-state index in [9.17, 15) is 4.79 Å². The molecular weight excluding hydrogens is 360 g/mol. The summed E-state index contributed by atoms with van der Waals surface area (Å²) in [5.74, 6) is 2.60. The summed E-state index contributed by atoms with van der Waals surface area (Å²) < 4.78 is 13.0. The Morgan fingerprint density at radius 1 is 1.07 bits per heavy atom. The first-order valence-corrected chi connectivity index (χ1v) is 10.8. The first-order chi connectivity index (χ1) is 13.7. The fourth-order valence-corrected chi connectivity index (χ4v) is 4.44. The Bertz CT molecular complexity index is 864. The highest BCUT2D eigenvalue weighted by atomic mass is 16.5. The van der Waals surface area contributed by atoms with E-state index in [1.807, 2.05) is 18.2 Å². The molecule has 0 amide bonds. The first-order valence-electron chi connectivity index (χ1n) is 10.8. The summed E-state index contributed by atoms with van der Waals surface area (Å²) in [4.78, 5) is 11.2. The van der Waals surface area contributed by atoms with Crippen molar-refractivity contribution in [1.82, 2.24) is 0 Å². The van der Waals surface area contributed by atoms with Crippen LogP contribution in [0.2, 0.25) is 0 Å². The van der Waals surface area contributed by atoms with E-state index in [0.29, 0.717) is 25.4 Å². The van der Waals surface area contributed by atoms with Crippen molar-refractivity contribution in [3.05, 3.63) is 58.1 Å². The van der Waals surface area contributed by atoms with E-state index in [1.54, 1.807) is 0 Å². The van der Waals surface area contributed by atoms with Gasteiger partial charge in [0.15, 0.2) is 0 Å². The quantitative estimate of drug-likeness (QED) is 0.489. The maximum atomic E-state index is 11.2. The maximum absolute atomic E-state index is 11.2. The van der Waals surface area contributed by atoms with Crippen molar-refractivity contribution in [2.45, 2.75) is 84.8 Å². The van der Waals surface area contributed by atoms with Crippen LogP contribution in [0.5, 0.6) is 11.5 Å². The van der Waals surface area contributed by atoms with Gasteiger partial charge in [-0.15, -0.1) is 0 Å². The topological polar surface area (TPSA) is 35.5 Å². The number of hydrogen-bond acceptors (Lipinski definition) is 3. The molecule has 3 rings (SSSR count). The molecule has 1 aliphatic rings. The van der Waals surface area contributed by atoms with Gasteiger partial charge in [-0.1, -0.05) is 58.0 Å². The van der Waals surface area contributed by atoms with Gasteiger partial charge in [0.2, 0.25) is 0 Å². The van der Waals surface area contributed by atoms with Gasteiger partial charge in [-0.3, -0.25) is 0 Å². The van der Waals surface area contributed by atoms with Gasteiger partial charge >= 0.3 is 0 Å². The number of hydrogen-bond donors (Lipinski definition) is 0. The number of fused-ring (bicyclic) bond motifs is 1. The van der Waals surface area contributed by atoms with E-state index in [-0.39, 0.29) is 11.5 Å². The van der Waals surface area contributed by atoms with Crippen LogP contribution in [0.4, 0.5) is 0 Å². The minimum absolute atomic E-state index is 0.242. The Kier molecular flexibility index (Phi) is 6.36. The van der Waals surface area contributed by atoms with E-state index in [4.69, 9.17) is 9.47 Å². The molecule has 0 bridgehead atoms. The average molecular weight is 395 g/mol. The van der Waals surface area contributed by atoms with E-state index < -0.39 is 0 Å². The third-order valence-corrected chi connectivity index (χ3v) is 5.56. The highest BCUT2D eigenvalue weighted by Gasteiger charge is 2.38. The van der Waals surface area contributed by atoms with Gasteiger partial charge in [0, 0.05) is 35.1 Å². The molecule has 0 aromatic heterocycles. The normalized spacial score (nSPS) is 14.8. The van der Waals surface area contributed by atoms with Crippen LogP contribution in [-0.4, -0.2) is 11.9 Å². The molecule has 1 heterocycles. The molecule has 0 N–H and O–H groups in total. The zero-order valence-corrected chi connectivity index (χ0v) is 18.7. The number of aldehydes is 1. The van der Waals surface area contributed by atoms with Crippen molar-refractivity contribution >= 4 is 6.29 Å². The SMILES string of the molecule is CC(C)c1c(CCC=O)c2c(c(C(C)C)c1OCc1ccccc1)CC(C)(C)O2. The van der Waals surface area contributed by atoms with Crippen molar-refractivity contribution in [1.29, 1.82) is 0 Å². The van der Waals surface area contributed by atoms with Crippen LogP contribution in [0.3, 0.4) is 0 Å². The van der Waals surface area contributed by atoms with Gasteiger partial charge in [0.05, 0.1) is 0 Å². The van der Waals surface area contributed by atoms with E-state index in [0.717, 1.165) is 35.3 Å². The van der Waals surface area contributed by atoms with Crippen LogP contribution in [0.25, 0.3) is 0 Å². The molecule has 3 nitrogen and oxygen atoms in total. The van der Waals surface area contributed by atoms with Gasteiger partial charge in [-0.25, -0.2) is 0 Å². The Morgan fingerprint density at radius 3 is 2.31 bits per heavy atom. The molecule has 0 fully saturated rings. The third-order valence-electron chi connectivity index (χ3n) is 5.56. The van der Waals surface area contributed by atoms with Crippen LogP contribution < -0.4 is 9.47 Å². The Hall–Kier alpha value is -2.29. The standard InChI is InChI=1S/C26H34O3/c1-17(2)22-20(13-10-14-27)24-21(15-26(5,6)29-24)23(18(3)4)25(22)28-16-19-11-8-7-9-12-19/h7-9,11-12,14,17-18H,10,13,15-16H2,1-6H3. The number of benzene rings is 2. The summed E-state index contributed by atoms with van der Waals surface area (Å²) in [6.45, 7) is 13.7. The molecule has 1 aliphatic heterocycles. The molecule has 0 saturated heterocycles. The van der Waals surface area contributed by atoms with Crippen molar-refractivity contribution in [2.75, 3.05) is 0 Å². The lowest BCUT2D eigenvalue weighted by Crippen LogP contribution is -2.25. The lowest BCUT2D eigenvalue weighted by Gasteiger charge is -2.26. The van der Waals surface area contributed by atoms with Gasteiger partial charge in [0.25, 0.3) is 0 Å². The van der Waals surface area contributed by atoms with E-state index in [1.165, 1.54) is 16.7 Å². The molecular formula is C26H34O3. The Balaban J connectivity index is 2.19. The minimum atomic E-state index is -0.242. The number of carbonyl (C=O) groups excluding carboxylic acids is 1. The highest BCUT2D eigenvalue weighted by molar-refractivity contribution is 5.64. The van der Waals surface area contributed by atoms with Gasteiger partial charge in [-0.05, 0) is 37.7 Å². The molecule has 3 heteroatoms. The molecule has 0 unspecified atom stereocenters. The van der Waals surface area contributed by atoms with Crippen LogP contribution in [0.1, 0.15) is 87.6 Å². The molecule has 0 radical (unpaired) electrons. The largest absolute Gasteiger partial charge is 0.488 e. The monoisotopic (exact) mass is 394 g/mol. The average Bonchev–Trinajstić information content (AvgIpc) is 2.98. The summed E-state index contributed by atoms with van der Waals surface area (Å²) in [5.41, 5.74) is 5.79. The third kappa shape index (κ3) is 4.49. The predicted octanol–water partition coefficient (Wildman–Crippen LogP) is 6.36. The summed E-state index contributed by atoms with van der Waals surface area (Å²) in [5, 5.41) is 0. The molecule has 0 saturated carbocycles. The van der Waals surface area contributed by atoms with Crippen molar-refractivity contribution in [3.8, 4) is 11.5 Å². The summed E-state index contributed by atoms with van der Waals surface area (Å²) in [6, 6.07) is 10.3. The molecule has 2 aromatic rings. The predicted molar refractivity (Wildman–Crippen MR) is 118 cm³/mol. The van der Waals surface area contributed by atoms with Gasteiger partial charge in [0.1, 0.15) is 30.0 Å². The summed E-state index contributed by atoms with van der Waals surface area (Å²) in [6.07, 6.45) is 3.05. The maximum Gasteiger partial charge on any atom is 0.127 e. The minimum Gasteiger partial charge on any atom is -0.488 e. The van der Waals surface area contributed by atoms with Crippen LogP contribution in [-0.2, 0) is 24.2 Å². The molecule has 156 valence electrons. The fourth-order valence-electron chi connectivity index (χ4n) is 4.44. The second-order valence-corrected chi connectivity index (χ2v) is 9.27. The van der Waals surface area contributed by atoms with Gasteiger partial charge < -0.3 is 14.3 Å². The highest BCUT2D eigenvalue weighted by Crippen LogP contribution is 2.51. The second-order valence-electron chi connectivity index (χ2n) is 9.27. The Labute approximate surface area is 175 Å². The zero-order valence-electron chi connectivity index (χ0n) is 18.7. The molecule has 0 spiro atoms. The summed E-state index contributed by atoms with van der Waals surface area (Å²) in [7, 11) is 0. The zero-order chi connectivity index (χ0) is 21.2. The van der Waals surface area contributed by atoms with Crippen molar-refractivity contribution < 1.29 is 14.3 Å². The van der Waals surface area contributed by atoms with E-state index in [2.05, 4.69) is 53.7 Å². The lowest BCUT2D eigenvalue weighted by atomic mass is 9.83. The smallest absolute Gasteiger partial charge is 0.127 e. The van der Waals surface area contributed by atoms with Crippen LogP contribution in [0.15, 0.2) is 30.3 Å². The number of ether oxygens (including phenoxy) is 2. The first kappa shape index (κ1) is 21.4. The van der Waals surface area contributed by atoms with E-state index >= 15 is 0 Å². The second kappa shape index (κ2) is 8.61. The van der Waals surface area contributed by atoms with Crippen LogP contribution >= 0.6 is 0 Å². The van der Waals surface area contributed by atoms with Crippen molar-refractivity contribution in [3.63, 3.8) is 0 Å². The Morgan fingerprint density at radius 2 is 1.72 bits per heavy atom. The van der Waals surface area contributed by atoms with Crippen molar-refractivity contribution in [2.24, 2.45) is 0 Å². The fraction of sp³-hybridized carbons (Fsp3) is 0.500. The molecule has 2 aromatic carbocycles. The molecule has 0 aliphatic carbocycles.